The zero-order valence-electron chi connectivity index (χ0n) is 11.6. The third-order valence-electron chi connectivity index (χ3n) is 3.15. The lowest BCUT2D eigenvalue weighted by atomic mass is 9.89. The van der Waals surface area contributed by atoms with Crippen LogP contribution < -0.4 is 4.74 Å². The van der Waals surface area contributed by atoms with Gasteiger partial charge >= 0.3 is 0 Å². The molecule has 0 aliphatic heterocycles. The van der Waals surface area contributed by atoms with Gasteiger partial charge in [0, 0.05) is 12.0 Å². The molecule has 0 heterocycles. The van der Waals surface area contributed by atoms with Crippen molar-refractivity contribution in [3.05, 3.63) is 28.0 Å². The van der Waals surface area contributed by atoms with Crippen molar-refractivity contribution in [2.75, 3.05) is 7.11 Å². The Bertz CT molecular complexity index is 440. The Morgan fingerprint density at radius 2 is 1.89 bits per heavy atom. The van der Waals surface area contributed by atoms with E-state index in [1.165, 1.54) is 19.2 Å². The number of rotatable bonds is 7. The van der Waals surface area contributed by atoms with E-state index in [9.17, 15) is 9.18 Å². The highest BCUT2D eigenvalue weighted by atomic mass is 79.9. The maximum Gasteiger partial charge on any atom is 0.169 e. The van der Waals surface area contributed by atoms with Gasteiger partial charge in [0.1, 0.15) is 11.6 Å². The van der Waals surface area contributed by atoms with Crippen LogP contribution in [0.25, 0.3) is 0 Å². The molecule has 4 heteroatoms. The predicted molar refractivity (Wildman–Crippen MR) is 78.3 cm³/mol. The van der Waals surface area contributed by atoms with Crippen LogP contribution in [0.15, 0.2) is 16.6 Å². The molecule has 2 nitrogen and oxygen atoms in total. The predicted octanol–water partition coefficient (Wildman–Crippen LogP) is 5.00. The number of ether oxygens (including phenoxy) is 1. The van der Waals surface area contributed by atoms with E-state index in [1.54, 1.807) is 0 Å². The van der Waals surface area contributed by atoms with Crippen molar-refractivity contribution in [1.82, 2.24) is 0 Å². The molecule has 0 fully saturated rings. The van der Waals surface area contributed by atoms with Crippen molar-refractivity contribution in [2.24, 2.45) is 5.92 Å². The molecule has 0 saturated carbocycles. The van der Waals surface area contributed by atoms with Crippen LogP contribution in [0.2, 0.25) is 0 Å². The standard InChI is InChI=1S/C15H20BrFO2/c1-4-6-10(7-5-2)15(18)11-8-12(16)13(17)9-14(11)19-3/h8-10H,4-7H2,1-3H3. The zero-order chi connectivity index (χ0) is 14.4. The van der Waals surface area contributed by atoms with Gasteiger partial charge in [-0.1, -0.05) is 26.7 Å². The molecule has 0 saturated heterocycles. The second-order valence-electron chi connectivity index (χ2n) is 4.61. The number of hydrogen-bond donors (Lipinski definition) is 0. The quantitative estimate of drug-likeness (QED) is 0.658. The van der Waals surface area contributed by atoms with Gasteiger partial charge in [-0.25, -0.2) is 4.39 Å². The summed E-state index contributed by atoms with van der Waals surface area (Å²) in [7, 11) is 1.45. The van der Waals surface area contributed by atoms with Crippen molar-refractivity contribution in [3.63, 3.8) is 0 Å². The monoisotopic (exact) mass is 330 g/mol. The van der Waals surface area contributed by atoms with E-state index in [4.69, 9.17) is 4.74 Å². The summed E-state index contributed by atoms with van der Waals surface area (Å²) in [5.74, 6) is -0.0821. The van der Waals surface area contributed by atoms with Crippen LogP contribution in [0.3, 0.4) is 0 Å². The highest BCUT2D eigenvalue weighted by molar-refractivity contribution is 9.10. The third-order valence-corrected chi connectivity index (χ3v) is 3.76. The van der Waals surface area contributed by atoms with E-state index < -0.39 is 5.82 Å². The molecule has 0 aliphatic rings. The first-order valence-electron chi connectivity index (χ1n) is 6.62. The average Bonchev–Trinajstić information content (AvgIpc) is 2.40. The van der Waals surface area contributed by atoms with E-state index in [-0.39, 0.29) is 11.7 Å². The normalized spacial score (nSPS) is 10.8. The Morgan fingerprint density at radius 1 is 1.32 bits per heavy atom. The minimum Gasteiger partial charge on any atom is -0.496 e. The lowest BCUT2D eigenvalue weighted by Crippen LogP contribution is -2.16. The molecule has 1 rings (SSSR count). The van der Waals surface area contributed by atoms with Crippen LogP contribution in [0.1, 0.15) is 49.9 Å². The Morgan fingerprint density at radius 3 is 2.37 bits per heavy atom. The molecule has 19 heavy (non-hydrogen) atoms. The third kappa shape index (κ3) is 4.03. The van der Waals surface area contributed by atoms with Crippen LogP contribution in [0, 0.1) is 11.7 Å². The van der Waals surface area contributed by atoms with E-state index in [2.05, 4.69) is 29.8 Å². The fourth-order valence-electron chi connectivity index (χ4n) is 2.21. The molecule has 1 aromatic rings. The number of hydrogen-bond acceptors (Lipinski definition) is 2. The van der Waals surface area contributed by atoms with E-state index in [1.807, 2.05) is 0 Å². The number of carbonyl (C=O) groups excluding carboxylic acids is 1. The summed E-state index contributed by atoms with van der Waals surface area (Å²) in [6.07, 6.45) is 3.62. The fraction of sp³-hybridized carbons (Fsp3) is 0.533. The first-order chi connectivity index (χ1) is 9.04. The zero-order valence-corrected chi connectivity index (χ0v) is 13.2. The molecule has 0 N–H and O–H groups in total. The maximum absolute atomic E-state index is 13.5. The molecule has 0 aromatic heterocycles. The van der Waals surface area contributed by atoms with Crippen LogP contribution in [-0.4, -0.2) is 12.9 Å². The van der Waals surface area contributed by atoms with Crippen LogP contribution in [0.5, 0.6) is 5.75 Å². The van der Waals surface area contributed by atoms with Crippen LogP contribution >= 0.6 is 15.9 Å². The van der Waals surface area contributed by atoms with Crippen molar-refractivity contribution in [1.29, 1.82) is 0 Å². The molecule has 0 amide bonds. The Hall–Kier alpha value is -0.900. The van der Waals surface area contributed by atoms with Gasteiger partial charge in [0.05, 0.1) is 17.1 Å². The van der Waals surface area contributed by atoms with Gasteiger partial charge in [-0.15, -0.1) is 0 Å². The Kier molecular flexibility index (Phi) is 6.49. The number of methoxy groups -OCH3 is 1. The first-order valence-corrected chi connectivity index (χ1v) is 7.41. The lowest BCUT2D eigenvalue weighted by molar-refractivity contribution is 0.0901. The van der Waals surface area contributed by atoms with E-state index >= 15 is 0 Å². The summed E-state index contributed by atoms with van der Waals surface area (Å²) in [6.45, 7) is 4.13. The summed E-state index contributed by atoms with van der Waals surface area (Å²) in [5.41, 5.74) is 0.461. The van der Waals surface area contributed by atoms with E-state index in [0.29, 0.717) is 15.8 Å². The Balaban J connectivity index is 3.12. The fourth-order valence-corrected chi connectivity index (χ4v) is 2.56. The van der Waals surface area contributed by atoms with Crippen LogP contribution in [0.4, 0.5) is 4.39 Å². The Labute approximate surface area is 122 Å². The van der Waals surface area contributed by atoms with Gasteiger partial charge in [-0.05, 0) is 34.8 Å². The molecule has 0 radical (unpaired) electrons. The molecule has 0 spiro atoms. The maximum atomic E-state index is 13.5. The van der Waals surface area contributed by atoms with Gasteiger partial charge in [0.2, 0.25) is 0 Å². The van der Waals surface area contributed by atoms with Gasteiger partial charge in [-0.2, -0.15) is 0 Å². The second kappa shape index (κ2) is 7.63. The molecule has 1 aromatic carbocycles. The van der Waals surface area contributed by atoms with Crippen molar-refractivity contribution in [2.45, 2.75) is 39.5 Å². The highest BCUT2D eigenvalue weighted by Gasteiger charge is 2.23. The largest absolute Gasteiger partial charge is 0.496 e. The lowest BCUT2D eigenvalue weighted by Gasteiger charge is -2.16. The summed E-state index contributed by atoms with van der Waals surface area (Å²) in [5, 5.41) is 0. The van der Waals surface area contributed by atoms with Gasteiger partial charge in [-0.3, -0.25) is 4.79 Å². The molecule has 106 valence electrons. The molecule has 0 atom stereocenters. The number of benzene rings is 1. The second-order valence-corrected chi connectivity index (χ2v) is 5.46. The summed E-state index contributed by atoms with van der Waals surface area (Å²) >= 11 is 3.12. The highest BCUT2D eigenvalue weighted by Crippen LogP contribution is 2.30. The number of carbonyl (C=O) groups is 1. The topological polar surface area (TPSA) is 26.3 Å². The van der Waals surface area contributed by atoms with Crippen molar-refractivity contribution >= 4 is 21.7 Å². The molecular weight excluding hydrogens is 311 g/mol. The van der Waals surface area contributed by atoms with Gasteiger partial charge in [0.15, 0.2) is 5.78 Å². The number of Topliss-reactive ketones (excluding diaryl/α,β-unsaturated/α-hetero) is 1. The molecular formula is C15H20BrFO2. The molecule has 0 bridgehead atoms. The van der Waals surface area contributed by atoms with Crippen molar-refractivity contribution < 1.29 is 13.9 Å². The molecule has 0 unspecified atom stereocenters. The summed E-state index contributed by atoms with van der Waals surface area (Å²) in [6, 6.07) is 2.78. The average molecular weight is 331 g/mol. The van der Waals surface area contributed by atoms with E-state index in [0.717, 1.165) is 25.7 Å². The minimum atomic E-state index is -0.420. The number of ketones is 1. The SMILES string of the molecule is CCCC(CCC)C(=O)c1cc(Br)c(F)cc1OC. The smallest absolute Gasteiger partial charge is 0.169 e. The minimum absolute atomic E-state index is 0.0127. The molecule has 0 aliphatic carbocycles. The van der Waals surface area contributed by atoms with Gasteiger partial charge in [0.25, 0.3) is 0 Å². The van der Waals surface area contributed by atoms with Gasteiger partial charge < -0.3 is 4.74 Å². The van der Waals surface area contributed by atoms with Crippen molar-refractivity contribution in [3.8, 4) is 5.75 Å². The summed E-state index contributed by atoms with van der Waals surface area (Å²) in [4.78, 5) is 12.5. The first kappa shape index (κ1) is 16.2. The van der Waals surface area contributed by atoms with Crippen LogP contribution in [-0.2, 0) is 0 Å². The summed E-state index contributed by atoms with van der Waals surface area (Å²) < 4.78 is 18.9. The number of halogens is 2.